The maximum Gasteiger partial charge on any atom is 0.348 e. The molecule has 5 aliphatic heterocycles. The average Bonchev–Trinajstić information content (AvgIpc) is 3.35. The van der Waals surface area contributed by atoms with Crippen molar-refractivity contribution in [2.45, 2.75) is 55.4 Å². The summed E-state index contributed by atoms with van der Waals surface area (Å²) >= 11 is 0. The molecule has 6 rings (SSSR count). The molecular weight excluding hydrogens is 356 g/mol. The minimum atomic E-state index is -1.55. The average molecular weight is 382 g/mol. The zero-order chi connectivity index (χ0) is 19.5. The van der Waals surface area contributed by atoms with Gasteiger partial charge in [-0.05, 0) is 37.3 Å². The van der Waals surface area contributed by atoms with Gasteiger partial charge in [0.05, 0.1) is 24.0 Å². The second kappa shape index (κ2) is 4.79. The summed E-state index contributed by atoms with van der Waals surface area (Å²) in [4.78, 5) is 32.0. The number of benzene rings is 1. The van der Waals surface area contributed by atoms with Gasteiger partial charge < -0.3 is 14.4 Å². The fourth-order valence-corrected chi connectivity index (χ4v) is 8.00. The molecule has 5 atom stereocenters. The topological polar surface area (TPSA) is 59.1 Å². The summed E-state index contributed by atoms with van der Waals surface area (Å²) in [5.74, 6) is -0.589. The van der Waals surface area contributed by atoms with Crippen LogP contribution in [0.2, 0.25) is 0 Å². The molecule has 4 saturated heterocycles. The number of para-hydroxylation sites is 1. The molecular formula is C22H26N2O4. The number of ether oxygens (including phenoxy) is 2. The van der Waals surface area contributed by atoms with E-state index >= 15 is 0 Å². The Hall–Kier alpha value is -1.92. The van der Waals surface area contributed by atoms with Crippen molar-refractivity contribution < 1.29 is 19.1 Å². The number of Topliss-reactive ketones (excluding diaryl/α,β-unsaturated/α-hetero) is 1. The van der Waals surface area contributed by atoms with Crippen LogP contribution in [0, 0.1) is 5.41 Å². The maximum atomic E-state index is 14.1. The molecule has 1 unspecified atom stereocenters. The SMILES string of the molecule is CC[C@@]12CCCN3CC[C@]45c6ccccc6N(C)[C@H]4C(C(=O)OC)(O[C@@]315)C2=O. The molecule has 6 nitrogen and oxygen atoms in total. The number of fused-ring (bicyclic) bond motifs is 3. The molecule has 1 aromatic carbocycles. The van der Waals surface area contributed by atoms with Crippen molar-refractivity contribution in [2.75, 3.05) is 32.1 Å². The normalized spacial score (nSPS) is 45.2. The Morgan fingerprint density at radius 1 is 1.29 bits per heavy atom. The third kappa shape index (κ3) is 1.26. The number of esters is 1. The Kier molecular flexibility index (Phi) is 2.91. The fraction of sp³-hybridized carbons (Fsp3) is 0.636. The van der Waals surface area contributed by atoms with Crippen molar-refractivity contribution in [3.63, 3.8) is 0 Å². The number of hydrogen-bond donors (Lipinski definition) is 0. The van der Waals surface area contributed by atoms with Crippen LogP contribution in [0.3, 0.4) is 0 Å². The summed E-state index contributed by atoms with van der Waals surface area (Å²) in [5, 5.41) is 0. The lowest BCUT2D eigenvalue weighted by atomic mass is 9.48. The number of rotatable bonds is 2. The van der Waals surface area contributed by atoms with E-state index < -0.39 is 28.1 Å². The largest absolute Gasteiger partial charge is 0.466 e. The van der Waals surface area contributed by atoms with Gasteiger partial charge >= 0.3 is 5.97 Å². The number of methoxy groups -OCH3 is 1. The van der Waals surface area contributed by atoms with Crippen LogP contribution in [0.15, 0.2) is 24.3 Å². The molecule has 6 heteroatoms. The molecule has 0 N–H and O–H groups in total. The molecule has 5 aliphatic rings. The van der Waals surface area contributed by atoms with Crippen LogP contribution in [0.1, 0.15) is 38.2 Å². The molecule has 5 heterocycles. The van der Waals surface area contributed by atoms with Crippen molar-refractivity contribution in [1.29, 1.82) is 0 Å². The summed E-state index contributed by atoms with van der Waals surface area (Å²) in [6.07, 6.45) is 3.31. The molecule has 2 spiro atoms. The number of carbonyl (C=O) groups excluding carboxylic acids is 2. The highest BCUT2D eigenvalue weighted by Gasteiger charge is 2.94. The van der Waals surface area contributed by atoms with Gasteiger partial charge in [0.15, 0.2) is 5.78 Å². The smallest absolute Gasteiger partial charge is 0.348 e. The summed E-state index contributed by atoms with van der Waals surface area (Å²) in [6, 6.07) is 8.02. The van der Waals surface area contributed by atoms with Gasteiger partial charge in [0, 0.05) is 25.8 Å². The Balaban J connectivity index is 1.75. The second-order valence-electron chi connectivity index (χ2n) is 9.08. The Morgan fingerprint density at radius 2 is 2.07 bits per heavy atom. The van der Waals surface area contributed by atoms with E-state index in [2.05, 4.69) is 34.9 Å². The number of hydrogen-bond acceptors (Lipinski definition) is 6. The van der Waals surface area contributed by atoms with Gasteiger partial charge in [-0.25, -0.2) is 4.79 Å². The summed E-state index contributed by atoms with van der Waals surface area (Å²) < 4.78 is 12.1. The number of ketones is 1. The Labute approximate surface area is 164 Å². The molecule has 0 radical (unpaired) electrons. The summed E-state index contributed by atoms with van der Waals surface area (Å²) in [5.41, 5.74) is -1.04. The van der Waals surface area contributed by atoms with Crippen molar-refractivity contribution in [3.05, 3.63) is 29.8 Å². The van der Waals surface area contributed by atoms with Crippen LogP contribution in [-0.2, 0) is 24.5 Å². The Morgan fingerprint density at radius 3 is 2.82 bits per heavy atom. The summed E-state index contributed by atoms with van der Waals surface area (Å²) in [6.45, 7) is 3.88. The molecule has 2 bridgehead atoms. The number of likely N-dealkylation sites (N-methyl/N-ethyl adjacent to an activating group) is 1. The molecule has 28 heavy (non-hydrogen) atoms. The third-order valence-electron chi connectivity index (χ3n) is 8.68. The highest BCUT2D eigenvalue weighted by Crippen LogP contribution is 2.78. The lowest BCUT2D eigenvalue weighted by molar-refractivity contribution is -0.208. The molecule has 0 saturated carbocycles. The van der Waals surface area contributed by atoms with Gasteiger partial charge in [-0.2, -0.15) is 0 Å². The van der Waals surface area contributed by atoms with Crippen LogP contribution in [0.5, 0.6) is 0 Å². The summed E-state index contributed by atoms with van der Waals surface area (Å²) in [7, 11) is 3.36. The fourth-order valence-electron chi connectivity index (χ4n) is 8.00. The molecule has 0 amide bonds. The maximum absolute atomic E-state index is 14.1. The molecule has 0 aromatic heterocycles. The standard InChI is InChI=1S/C22H26N2O4/c1-4-19-10-7-12-24-13-11-20-14-8-5-6-9-15(14)23(2)16(20)21(17(19)25,18(26)27-3)28-22(19,20)24/h5-6,8-9,16H,4,7,10-13H2,1-3H3/t16-,19+,20+,21?,22+/m1/s1. The quantitative estimate of drug-likeness (QED) is 0.575. The van der Waals surface area contributed by atoms with E-state index in [1.807, 2.05) is 13.1 Å². The molecule has 4 fully saturated rings. The van der Waals surface area contributed by atoms with Crippen molar-refractivity contribution in [3.8, 4) is 0 Å². The van der Waals surface area contributed by atoms with Crippen molar-refractivity contribution in [2.24, 2.45) is 5.41 Å². The van der Waals surface area contributed by atoms with Crippen LogP contribution in [-0.4, -0.2) is 61.3 Å². The van der Waals surface area contributed by atoms with E-state index in [9.17, 15) is 9.59 Å². The van der Waals surface area contributed by atoms with Crippen LogP contribution < -0.4 is 4.90 Å². The van der Waals surface area contributed by atoms with E-state index in [0.29, 0.717) is 6.42 Å². The minimum Gasteiger partial charge on any atom is -0.466 e. The first-order valence-electron chi connectivity index (χ1n) is 10.4. The van der Waals surface area contributed by atoms with Gasteiger partial charge in [0.2, 0.25) is 5.60 Å². The highest BCUT2D eigenvalue weighted by atomic mass is 16.6. The van der Waals surface area contributed by atoms with Crippen molar-refractivity contribution >= 4 is 17.4 Å². The molecule has 148 valence electrons. The highest BCUT2D eigenvalue weighted by molar-refractivity contribution is 6.16. The lowest BCUT2D eigenvalue weighted by Crippen LogP contribution is -2.74. The van der Waals surface area contributed by atoms with Gasteiger partial charge in [0.1, 0.15) is 5.72 Å². The van der Waals surface area contributed by atoms with Gasteiger partial charge in [-0.1, -0.05) is 25.1 Å². The molecule has 0 aliphatic carbocycles. The van der Waals surface area contributed by atoms with Crippen LogP contribution in [0.4, 0.5) is 5.69 Å². The number of piperidine rings is 1. The second-order valence-corrected chi connectivity index (χ2v) is 9.08. The number of anilines is 1. The predicted molar refractivity (Wildman–Crippen MR) is 102 cm³/mol. The zero-order valence-corrected chi connectivity index (χ0v) is 16.7. The first kappa shape index (κ1) is 17.0. The van der Waals surface area contributed by atoms with E-state index in [4.69, 9.17) is 9.47 Å². The number of carbonyl (C=O) groups is 2. The van der Waals surface area contributed by atoms with Gasteiger partial charge in [-0.15, -0.1) is 0 Å². The predicted octanol–water partition coefficient (Wildman–Crippen LogP) is 1.86. The monoisotopic (exact) mass is 382 g/mol. The van der Waals surface area contributed by atoms with Crippen molar-refractivity contribution in [1.82, 2.24) is 4.90 Å². The van der Waals surface area contributed by atoms with Gasteiger partial charge in [-0.3, -0.25) is 9.69 Å². The molecule has 1 aromatic rings. The zero-order valence-electron chi connectivity index (χ0n) is 16.7. The first-order chi connectivity index (χ1) is 13.5. The minimum absolute atomic E-state index is 0.0544. The number of nitrogens with zero attached hydrogens (tertiary/aromatic N) is 2. The lowest BCUT2D eigenvalue weighted by Gasteiger charge is -2.57. The Bertz CT molecular complexity index is 933. The van der Waals surface area contributed by atoms with Gasteiger partial charge in [0.25, 0.3) is 0 Å². The first-order valence-corrected chi connectivity index (χ1v) is 10.4. The van der Waals surface area contributed by atoms with Crippen LogP contribution in [0.25, 0.3) is 0 Å². The van der Waals surface area contributed by atoms with E-state index in [1.165, 1.54) is 12.7 Å². The third-order valence-corrected chi connectivity index (χ3v) is 8.68. The van der Waals surface area contributed by atoms with E-state index in [1.54, 1.807) is 0 Å². The van der Waals surface area contributed by atoms with Crippen LogP contribution >= 0.6 is 0 Å². The van der Waals surface area contributed by atoms with E-state index in [-0.39, 0.29) is 11.8 Å². The van der Waals surface area contributed by atoms with E-state index in [0.717, 1.165) is 38.0 Å².